The minimum absolute atomic E-state index is 0.146. The molecule has 1 aliphatic heterocycles. The number of carbonyl (C=O) groups is 2. The molecule has 1 saturated heterocycles. The van der Waals surface area contributed by atoms with E-state index in [1.54, 1.807) is 24.3 Å². The first-order valence-corrected chi connectivity index (χ1v) is 13.4. The number of piperidine rings is 1. The topological polar surface area (TPSA) is 130 Å². The Hall–Kier alpha value is -4.26. The summed E-state index contributed by atoms with van der Waals surface area (Å²) < 4.78 is 60.0. The molecule has 0 saturated carbocycles. The third-order valence-corrected chi connectivity index (χ3v) is 6.40. The molecular weight excluding hydrogens is 520 g/mol. The lowest BCUT2D eigenvalue weighted by molar-refractivity contribution is -0.121. The van der Waals surface area contributed by atoms with Gasteiger partial charge in [0.25, 0.3) is 0 Å². The van der Waals surface area contributed by atoms with Crippen LogP contribution < -0.4 is 25.0 Å². The van der Waals surface area contributed by atoms with Crippen molar-refractivity contribution in [2.45, 2.75) is 18.9 Å². The summed E-state index contributed by atoms with van der Waals surface area (Å²) >= 11 is 0. The number of aromatic nitrogens is 1. The Morgan fingerprint density at radius 2 is 1.87 bits per heavy atom. The molecule has 38 heavy (non-hydrogen) atoms. The zero-order valence-electron chi connectivity index (χ0n) is 20.5. The van der Waals surface area contributed by atoms with Crippen molar-refractivity contribution in [3.8, 4) is 16.9 Å². The number of halogens is 2. The second kappa shape index (κ2) is 11.0. The average Bonchev–Trinajstić information content (AvgIpc) is 2.86. The van der Waals surface area contributed by atoms with Crippen LogP contribution in [0.2, 0.25) is 0 Å². The van der Waals surface area contributed by atoms with Crippen molar-refractivity contribution in [2.24, 2.45) is 0 Å². The van der Waals surface area contributed by atoms with Crippen molar-refractivity contribution in [1.29, 1.82) is 0 Å². The number of benzene rings is 2. The summed E-state index contributed by atoms with van der Waals surface area (Å²) in [4.78, 5) is 30.7. The molecule has 0 bridgehead atoms. The summed E-state index contributed by atoms with van der Waals surface area (Å²) in [6, 6.07) is 9.88. The monoisotopic (exact) mass is 545 g/mol. The third kappa shape index (κ3) is 6.17. The number of para-hydroxylation sites is 1. The molecule has 1 aliphatic rings. The van der Waals surface area contributed by atoms with Crippen LogP contribution >= 0.6 is 0 Å². The van der Waals surface area contributed by atoms with E-state index in [9.17, 15) is 22.4 Å². The first-order chi connectivity index (χ1) is 18.1. The maximum absolute atomic E-state index is 15.2. The standard InChI is InChI=1S/C25H25F2N5O5S/c1-37-16-13-20(27)23(28-14-16)30-25(34)29-22-8-5-11-32(24(22)33)15-9-10-17(19(26)12-15)18-6-3-4-7-21(18)31-38(2,35)36/h3-4,6-7,9-10,12-14,22,31H,5,8,11H2,1-2H3,(H2,28,29,30,34)/t22-/m1/s1. The summed E-state index contributed by atoms with van der Waals surface area (Å²) in [6.45, 7) is 0.304. The molecule has 0 unspecified atom stereocenters. The van der Waals surface area contributed by atoms with Gasteiger partial charge in [0.1, 0.15) is 17.6 Å². The summed E-state index contributed by atoms with van der Waals surface area (Å²) in [7, 11) is -2.24. The third-order valence-electron chi connectivity index (χ3n) is 5.80. The van der Waals surface area contributed by atoms with Crippen LogP contribution in [0, 0.1) is 11.6 Å². The minimum atomic E-state index is -3.59. The second-order valence-electron chi connectivity index (χ2n) is 8.57. The van der Waals surface area contributed by atoms with E-state index in [1.807, 2.05) is 0 Å². The van der Waals surface area contributed by atoms with Gasteiger partial charge in [0.2, 0.25) is 15.9 Å². The average molecular weight is 546 g/mol. The van der Waals surface area contributed by atoms with E-state index in [-0.39, 0.29) is 28.5 Å². The summed E-state index contributed by atoms with van der Waals surface area (Å²) in [5.74, 6) is -2.07. The fourth-order valence-electron chi connectivity index (χ4n) is 4.09. The fourth-order valence-corrected chi connectivity index (χ4v) is 4.67. The van der Waals surface area contributed by atoms with Crippen LogP contribution in [0.15, 0.2) is 54.7 Å². The van der Waals surface area contributed by atoms with Crippen molar-refractivity contribution in [2.75, 3.05) is 34.8 Å². The smallest absolute Gasteiger partial charge is 0.321 e. The Morgan fingerprint density at radius 1 is 1.11 bits per heavy atom. The maximum Gasteiger partial charge on any atom is 0.321 e. The number of methoxy groups -OCH3 is 1. The number of carbonyl (C=O) groups excluding carboxylic acids is 2. The van der Waals surface area contributed by atoms with Gasteiger partial charge in [-0.05, 0) is 37.1 Å². The predicted molar refractivity (Wildman–Crippen MR) is 139 cm³/mol. The highest BCUT2D eigenvalue weighted by Gasteiger charge is 2.31. The summed E-state index contributed by atoms with van der Waals surface area (Å²) in [6.07, 6.45) is 3.10. The molecule has 2 aromatic carbocycles. The minimum Gasteiger partial charge on any atom is -0.495 e. The molecule has 0 spiro atoms. The van der Waals surface area contributed by atoms with Crippen LogP contribution in [0.25, 0.3) is 11.1 Å². The number of nitrogens with one attached hydrogen (secondary N) is 3. The molecule has 0 radical (unpaired) electrons. The lowest BCUT2D eigenvalue weighted by Crippen LogP contribution is -2.53. The first kappa shape index (κ1) is 26.8. The van der Waals surface area contributed by atoms with Crippen LogP contribution in [0.4, 0.5) is 30.8 Å². The van der Waals surface area contributed by atoms with Gasteiger partial charge in [-0.15, -0.1) is 0 Å². The maximum atomic E-state index is 15.2. The van der Waals surface area contributed by atoms with E-state index in [1.165, 1.54) is 36.4 Å². The highest BCUT2D eigenvalue weighted by Crippen LogP contribution is 2.33. The molecule has 3 N–H and O–H groups in total. The SMILES string of the molecule is COc1cnc(NC(=O)N[C@@H]2CCCN(c3ccc(-c4ccccc4NS(C)(=O)=O)c(F)c3)C2=O)c(F)c1. The van der Waals surface area contributed by atoms with E-state index < -0.39 is 39.6 Å². The molecule has 4 rings (SSSR count). The number of amides is 3. The van der Waals surface area contributed by atoms with Gasteiger partial charge in [0, 0.05) is 29.4 Å². The summed E-state index contributed by atoms with van der Waals surface area (Å²) in [5.41, 5.74) is 0.976. The van der Waals surface area contributed by atoms with Crippen molar-refractivity contribution in [3.63, 3.8) is 0 Å². The van der Waals surface area contributed by atoms with E-state index in [4.69, 9.17) is 4.74 Å². The molecule has 1 atom stereocenters. The Morgan fingerprint density at radius 3 is 2.55 bits per heavy atom. The highest BCUT2D eigenvalue weighted by molar-refractivity contribution is 7.92. The molecule has 3 aromatic rings. The van der Waals surface area contributed by atoms with Gasteiger partial charge in [0.05, 0.1) is 25.2 Å². The summed E-state index contributed by atoms with van der Waals surface area (Å²) in [5, 5.41) is 4.78. The Balaban J connectivity index is 1.49. The Bertz CT molecular complexity index is 1480. The number of pyridine rings is 1. The predicted octanol–water partition coefficient (Wildman–Crippen LogP) is 3.72. The van der Waals surface area contributed by atoms with Gasteiger partial charge in [-0.25, -0.2) is 27.0 Å². The first-order valence-electron chi connectivity index (χ1n) is 11.5. The molecule has 0 aliphatic carbocycles. The number of rotatable bonds is 7. The number of hydrogen-bond acceptors (Lipinski definition) is 6. The van der Waals surface area contributed by atoms with Crippen LogP contribution in [0.5, 0.6) is 5.75 Å². The van der Waals surface area contributed by atoms with E-state index in [2.05, 4.69) is 20.3 Å². The van der Waals surface area contributed by atoms with Crippen LogP contribution in [0.1, 0.15) is 12.8 Å². The van der Waals surface area contributed by atoms with Crippen molar-refractivity contribution >= 4 is 39.2 Å². The zero-order valence-corrected chi connectivity index (χ0v) is 21.3. The lowest BCUT2D eigenvalue weighted by atomic mass is 10.0. The molecule has 2 heterocycles. The van der Waals surface area contributed by atoms with Crippen LogP contribution in [0.3, 0.4) is 0 Å². The van der Waals surface area contributed by atoms with Gasteiger partial charge in [-0.2, -0.15) is 0 Å². The number of ether oxygens (including phenoxy) is 1. The highest BCUT2D eigenvalue weighted by atomic mass is 32.2. The number of hydrogen-bond donors (Lipinski definition) is 3. The van der Waals surface area contributed by atoms with E-state index in [0.29, 0.717) is 24.9 Å². The van der Waals surface area contributed by atoms with Crippen LogP contribution in [-0.2, 0) is 14.8 Å². The lowest BCUT2D eigenvalue weighted by Gasteiger charge is -2.32. The largest absolute Gasteiger partial charge is 0.495 e. The molecule has 3 amide bonds. The molecule has 10 nitrogen and oxygen atoms in total. The van der Waals surface area contributed by atoms with Gasteiger partial charge in [-0.3, -0.25) is 14.8 Å². The molecular formula is C25H25F2N5O5S. The Labute approximate surface area is 218 Å². The van der Waals surface area contributed by atoms with Gasteiger partial charge in [-0.1, -0.05) is 18.2 Å². The molecule has 13 heteroatoms. The van der Waals surface area contributed by atoms with Crippen molar-refractivity contribution in [1.82, 2.24) is 10.3 Å². The number of anilines is 3. The quantitative estimate of drug-likeness (QED) is 0.415. The van der Waals surface area contributed by atoms with Gasteiger partial charge >= 0.3 is 6.03 Å². The van der Waals surface area contributed by atoms with Crippen molar-refractivity contribution < 1.29 is 31.5 Å². The van der Waals surface area contributed by atoms with Crippen LogP contribution in [-0.4, -0.2) is 51.3 Å². The van der Waals surface area contributed by atoms with Gasteiger partial charge < -0.3 is 15.0 Å². The van der Waals surface area contributed by atoms with E-state index in [0.717, 1.165) is 12.3 Å². The normalized spacial score (nSPS) is 15.6. The number of sulfonamides is 1. The Kier molecular flexibility index (Phi) is 7.76. The number of nitrogens with zero attached hydrogens (tertiary/aromatic N) is 2. The van der Waals surface area contributed by atoms with Crippen molar-refractivity contribution in [3.05, 3.63) is 66.4 Å². The molecule has 1 aromatic heterocycles. The molecule has 200 valence electrons. The van der Waals surface area contributed by atoms with E-state index >= 15 is 4.39 Å². The zero-order chi connectivity index (χ0) is 27.4. The molecule has 1 fully saturated rings. The second-order valence-corrected chi connectivity index (χ2v) is 10.3. The van der Waals surface area contributed by atoms with Gasteiger partial charge in [0.15, 0.2) is 11.6 Å². The fraction of sp³-hybridized carbons (Fsp3) is 0.240. The number of urea groups is 1.